The number of carbonyl (C=O) groups excluding carboxylic acids is 4. The molecular weight excluding hydrogens is 446 g/mol. The van der Waals surface area contributed by atoms with Gasteiger partial charge in [-0.15, -0.1) is 0 Å². The third-order valence-corrected chi connectivity index (χ3v) is 6.45. The van der Waals surface area contributed by atoms with Crippen molar-refractivity contribution >= 4 is 23.3 Å². The monoisotopic (exact) mass is 469 g/mol. The number of aliphatic hydroxyl groups is 1. The highest BCUT2D eigenvalue weighted by Crippen LogP contribution is 2.49. The Morgan fingerprint density at radius 2 is 1.70 bits per heavy atom. The van der Waals surface area contributed by atoms with Gasteiger partial charge in [0.15, 0.2) is 0 Å². The Hall–Kier alpha value is -2.88. The van der Waals surface area contributed by atoms with Gasteiger partial charge in [-0.25, -0.2) is 4.39 Å². The number of allylic oxidation sites excluding steroid dienone is 2. The lowest BCUT2D eigenvalue weighted by molar-refractivity contribution is -0.258. The van der Waals surface area contributed by atoms with Gasteiger partial charge in [0.25, 0.3) is 17.5 Å². The van der Waals surface area contributed by atoms with Crippen molar-refractivity contribution in [3.05, 3.63) is 47.4 Å². The maximum atomic E-state index is 14.7. The molecule has 0 bridgehead atoms. The van der Waals surface area contributed by atoms with Crippen LogP contribution in [0.3, 0.4) is 0 Å². The summed E-state index contributed by atoms with van der Waals surface area (Å²) in [6.07, 6.45) is -3.88. The van der Waals surface area contributed by atoms with Crippen molar-refractivity contribution in [1.29, 1.82) is 0 Å². The van der Waals surface area contributed by atoms with Crippen LogP contribution in [0.5, 0.6) is 0 Å². The standard InChI is InChI=1S/C23H23F4NO5/c1-13-11-16(18(30)19(31)17(13)29)28-20(32)22(33,23(25,26)27)12-21(9-5-2-6-10-21)14-7-3-4-8-15(14)24/h3-4,7-8,11,13,33H,2,5-6,9-10,12H2,1H3,(H,28,32). The molecule has 3 rings (SSSR count). The van der Waals surface area contributed by atoms with Crippen LogP contribution in [0, 0.1) is 11.7 Å². The SMILES string of the molecule is CC1C=C(NC(=O)C(O)(CC2(c3ccccc3F)CCCCC2)C(F)(F)F)C(=O)C(=O)C1=O. The van der Waals surface area contributed by atoms with E-state index in [-0.39, 0.29) is 18.4 Å². The zero-order valence-corrected chi connectivity index (χ0v) is 17.8. The predicted molar refractivity (Wildman–Crippen MR) is 107 cm³/mol. The lowest BCUT2D eigenvalue weighted by Crippen LogP contribution is -2.60. The molecule has 2 N–H and O–H groups in total. The van der Waals surface area contributed by atoms with E-state index in [4.69, 9.17) is 0 Å². The lowest BCUT2D eigenvalue weighted by atomic mass is 9.63. The van der Waals surface area contributed by atoms with Crippen LogP contribution in [0.15, 0.2) is 36.0 Å². The Bertz CT molecular complexity index is 1030. The van der Waals surface area contributed by atoms with Crippen LogP contribution in [0.1, 0.15) is 51.0 Å². The van der Waals surface area contributed by atoms with Crippen molar-refractivity contribution in [2.45, 2.75) is 62.6 Å². The number of alkyl halides is 3. The molecule has 2 atom stereocenters. The molecule has 33 heavy (non-hydrogen) atoms. The number of nitrogens with one attached hydrogen (secondary N) is 1. The number of Topliss-reactive ketones (excluding diaryl/α,β-unsaturated/α-hetero) is 3. The molecule has 1 amide bonds. The number of hydrogen-bond acceptors (Lipinski definition) is 5. The molecule has 0 saturated heterocycles. The van der Waals surface area contributed by atoms with Crippen molar-refractivity contribution < 1.29 is 41.8 Å². The number of rotatable bonds is 5. The zero-order valence-electron chi connectivity index (χ0n) is 17.8. The highest BCUT2D eigenvalue weighted by molar-refractivity contribution is 6.68. The van der Waals surface area contributed by atoms with Gasteiger partial charge in [-0.1, -0.05) is 44.4 Å². The first-order valence-corrected chi connectivity index (χ1v) is 10.5. The summed E-state index contributed by atoms with van der Waals surface area (Å²) >= 11 is 0. The van der Waals surface area contributed by atoms with Crippen LogP contribution in [0.4, 0.5) is 17.6 Å². The van der Waals surface area contributed by atoms with Crippen molar-refractivity contribution in [2.24, 2.45) is 5.92 Å². The molecule has 1 saturated carbocycles. The van der Waals surface area contributed by atoms with Crippen molar-refractivity contribution in [1.82, 2.24) is 5.32 Å². The van der Waals surface area contributed by atoms with Crippen molar-refractivity contribution in [3.63, 3.8) is 0 Å². The maximum Gasteiger partial charge on any atom is 0.426 e. The number of halogens is 4. The highest BCUT2D eigenvalue weighted by Gasteiger charge is 2.63. The minimum absolute atomic E-state index is 0.0254. The van der Waals surface area contributed by atoms with Crippen LogP contribution in [0.2, 0.25) is 0 Å². The van der Waals surface area contributed by atoms with Crippen LogP contribution in [-0.2, 0) is 24.6 Å². The number of amides is 1. The molecule has 0 heterocycles. The second kappa shape index (κ2) is 8.81. The normalized spacial score (nSPS) is 23.0. The van der Waals surface area contributed by atoms with Gasteiger partial charge < -0.3 is 10.4 Å². The summed E-state index contributed by atoms with van der Waals surface area (Å²) in [5, 5.41) is 12.4. The van der Waals surface area contributed by atoms with Crippen LogP contribution < -0.4 is 5.32 Å². The molecule has 0 aromatic heterocycles. The first-order valence-electron chi connectivity index (χ1n) is 10.5. The van der Waals surface area contributed by atoms with Gasteiger partial charge in [0, 0.05) is 17.8 Å². The molecule has 1 aromatic rings. The predicted octanol–water partition coefficient (Wildman–Crippen LogP) is 3.07. The second-order valence-corrected chi connectivity index (χ2v) is 8.70. The van der Waals surface area contributed by atoms with Crippen molar-refractivity contribution in [2.75, 3.05) is 0 Å². The molecule has 1 fully saturated rings. The first-order chi connectivity index (χ1) is 15.3. The third kappa shape index (κ3) is 4.48. The average Bonchev–Trinajstić information content (AvgIpc) is 2.76. The fourth-order valence-electron chi connectivity index (χ4n) is 4.63. The van der Waals surface area contributed by atoms with E-state index in [1.807, 2.05) is 0 Å². The lowest BCUT2D eigenvalue weighted by Gasteiger charge is -2.43. The molecule has 2 aliphatic rings. The fraction of sp³-hybridized carbons (Fsp3) is 0.478. The van der Waals surface area contributed by atoms with E-state index in [1.165, 1.54) is 25.1 Å². The van der Waals surface area contributed by atoms with Gasteiger partial charge in [0.05, 0.1) is 5.70 Å². The van der Waals surface area contributed by atoms with Gasteiger partial charge in [-0.2, -0.15) is 13.2 Å². The molecule has 2 aliphatic carbocycles. The average molecular weight is 469 g/mol. The summed E-state index contributed by atoms with van der Waals surface area (Å²) < 4.78 is 57.1. The molecule has 178 valence electrons. The molecule has 0 aliphatic heterocycles. The number of hydrogen-bond donors (Lipinski definition) is 2. The summed E-state index contributed by atoms with van der Waals surface area (Å²) in [5.74, 6) is -7.82. The van der Waals surface area contributed by atoms with E-state index in [0.29, 0.717) is 19.3 Å². The maximum absolute atomic E-state index is 14.7. The van der Waals surface area contributed by atoms with Gasteiger partial charge in [0.2, 0.25) is 11.4 Å². The Labute approximate surface area is 187 Å². The summed E-state index contributed by atoms with van der Waals surface area (Å²) in [6, 6.07) is 5.30. The number of carbonyl (C=O) groups is 4. The van der Waals surface area contributed by atoms with E-state index in [1.54, 1.807) is 5.32 Å². The number of benzene rings is 1. The molecule has 10 heteroatoms. The van der Waals surface area contributed by atoms with Crippen LogP contribution in [-0.4, -0.2) is 40.1 Å². The van der Waals surface area contributed by atoms with E-state index < -0.39 is 64.3 Å². The molecule has 6 nitrogen and oxygen atoms in total. The summed E-state index contributed by atoms with van der Waals surface area (Å²) in [6.45, 7) is 1.24. The molecule has 1 aromatic carbocycles. The zero-order chi connectivity index (χ0) is 24.6. The van der Waals surface area contributed by atoms with Gasteiger partial charge in [-0.3, -0.25) is 19.2 Å². The minimum atomic E-state index is -5.48. The Kier molecular flexibility index (Phi) is 6.61. The molecular formula is C23H23F4NO5. The minimum Gasteiger partial charge on any atom is -0.373 e. The van der Waals surface area contributed by atoms with Gasteiger partial charge >= 0.3 is 6.18 Å². The van der Waals surface area contributed by atoms with Crippen molar-refractivity contribution in [3.8, 4) is 0 Å². The fourth-order valence-corrected chi connectivity index (χ4v) is 4.63. The van der Waals surface area contributed by atoms with Gasteiger partial charge in [-0.05, 0) is 30.5 Å². The summed E-state index contributed by atoms with van der Waals surface area (Å²) in [7, 11) is 0. The largest absolute Gasteiger partial charge is 0.426 e. The quantitative estimate of drug-likeness (QED) is 0.510. The topological polar surface area (TPSA) is 101 Å². The smallest absolute Gasteiger partial charge is 0.373 e. The number of ketones is 3. The van der Waals surface area contributed by atoms with Crippen LogP contribution >= 0.6 is 0 Å². The Morgan fingerprint density at radius 1 is 1.09 bits per heavy atom. The van der Waals surface area contributed by atoms with E-state index in [2.05, 4.69) is 0 Å². The Balaban J connectivity index is 2.02. The highest BCUT2D eigenvalue weighted by atomic mass is 19.4. The second-order valence-electron chi connectivity index (χ2n) is 8.70. The molecule has 0 radical (unpaired) electrons. The van der Waals surface area contributed by atoms with E-state index >= 15 is 0 Å². The van der Waals surface area contributed by atoms with Gasteiger partial charge in [0.1, 0.15) is 5.82 Å². The molecule has 0 spiro atoms. The third-order valence-electron chi connectivity index (χ3n) is 6.45. The summed E-state index contributed by atoms with van der Waals surface area (Å²) in [5.41, 5.74) is -6.29. The summed E-state index contributed by atoms with van der Waals surface area (Å²) in [4.78, 5) is 48.2. The first kappa shape index (κ1) is 24.8. The van der Waals surface area contributed by atoms with E-state index in [9.17, 15) is 41.8 Å². The molecule has 2 unspecified atom stereocenters. The Morgan fingerprint density at radius 3 is 2.27 bits per heavy atom. The van der Waals surface area contributed by atoms with Crippen LogP contribution in [0.25, 0.3) is 0 Å². The van der Waals surface area contributed by atoms with E-state index in [0.717, 1.165) is 12.1 Å².